The third kappa shape index (κ3) is 7.81. The first-order valence-electron chi connectivity index (χ1n) is 23.5. The van der Waals surface area contributed by atoms with E-state index in [1.807, 2.05) is 0 Å². The molecule has 0 unspecified atom stereocenters. The lowest BCUT2D eigenvalue weighted by molar-refractivity contribution is -0.390. The third-order valence-corrected chi connectivity index (χ3v) is 17.7. The first kappa shape index (κ1) is 47.1. The summed E-state index contributed by atoms with van der Waals surface area (Å²) in [6.07, 6.45) is -13.6. The molecule has 0 aromatic rings. The van der Waals surface area contributed by atoms with E-state index in [1.54, 1.807) is 0 Å². The van der Waals surface area contributed by atoms with Gasteiger partial charge in [-0.15, -0.1) is 0 Å². The number of hydrogen-bond acceptors (Lipinski definition) is 18. The van der Waals surface area contributed by atoms with Gasteiger partial charge in [0.05, 0.1) is 38.6 Å². The SMILES string of the molecule is C[C@@H]1CC[C@@]2(OC1)O[C@H]1C[C@H]3[C@@H]4CC=C5C[C@@H](O[C@@H]6O[C@H](CO)[C@H](O[C@@H]7O[C@H](CO)[C@@H](O)[C@H](O)[C@H]7O[C@@H]7O[C@H](CO)[C@@H](O)[C@H](O)[C@H]7O)[C@H](O)[C@H]6O)CC[C@]5(C)[C@H]4CC[C@]3(C)[C@H]1[C@@H]2C. The third-order valence-electron chi connectivity index (χ3n) is 17.7. The van der Waals surface area contributed by atoms with Gasteiger partial charge >= 0.3 is 0 Å². The van der Waals surface area contributed by atoms with Crippen LogP contribution in [-0.2, 0) is 37.9 Å². The van der Waals surface area contributed by atoms with E-state index in [1.165, 1.54) is 12.0 Å². The van der Waals surface area contributed by atoms with Crippen LogP contribution in [0.2, 0.25) is 0 Å². The van der Waals surface area contributed by atoms with Gasteiger partial charge in [-0.3, -0.25) is 0 Å². The molecule has 5 aliphatic heterocycles. The van der Waals surface area contributed by atoms with Crippen molar-refractivity contribution < 1.29 is 89.0 Å². The van der Waals surface area contributed by atoms with E-state index < -0.39 is 118 Å². The molecule has 0 aromatic carbocycles. The predicted octanol–water partition coefficient (Wildman–Crippen LogP) is -0.813. The summed E-state index contributed by atoms with van der Waals surface area (Å²) in [6.45, 7) is 8.10. The van der Waals surface area contributed by atoms with Crippen LogP contribution in [0.5, 0.6) is 0 Å². The van der Waals surface area contributed by atoms with E-state index in [0.29, 0.717) is 48.3 Å². The van der Waals surface area contributed by atoms with Gasteiger partial charge < -0.3 is 89.0 Å². The summed E-state index contributed by atoms with van der Waals surface area (Å²) >= 11 is 0. The highest BCUT2D eigenvalue weighted by Gasteiger charge is 2.69. The number of ether oxygens (including phenoxy) is 8. The molecule has 1 spiro atoms. The number of allylic oxidation sites excluding steroid dienone is 1. The standard InChI is InChI=1S/C45H72O18/c1-19-7-12-45(56-18-19)20(2)30-26(63-45)14-25-23-6-5-21-13-22(8-10-43(21,3)24(23)9-11-44(25,30)4)57-40-37(55)35(53)38(29(17-48)60-40)61-42-39(34(52)32(50)28(16-47)59-42)62-41-36(54)33(51)31(49)27(15-46)58-41/h5,19-20,22-42,46-55H,6-18H2,1-4H3/t19-,20+,22+,23-,24+,25+,26+,27-,28-,29-,30+,31-,32-,33+,34+,35-,36-,37-,38+,39-,40-,41+,42+,43+,44+,45-/m1/s1. The summed E-state index contributed by atoms with van der Waals surface area (Å²) < 4.78 is 48.9. The highest BCUT2D eigenvalue weighted by Crippen LogP contribution is 2.70. The Kier molecular flexibility index (Phi) is 13.3. The van der Waals surface area contributed by atoms with Crippen molar-refractivity contribution in [3.8, 4) is 0 Å². The lowest BCUT2D eigenvalue weighted by Crippen LogP contribution is -2.67. The summed E-state index contributed by atoms with van der Waals surface area (Å²) in [5.41, 5.74) is 1.54. The molecule has 0 amide bonds. The number of rotatable bonds is 9. The Labute approximate surface area is 368 Å². The Hall–Kier alpha value is -0.980. The molecular weight excluding hydrogens is 828 g/mol. The Morgan fingerprint density at radius 3 is 1.95 bits per heavy atom. The molecule has 4 aliphatic carbocycles. The number of fused-ring (bicyclic) bond motifs is 7. The Morgan fingerprint density at radius 2 is 1.27 bits per heavy atom. The van der Waals surface area contributed by atoms with Gasteiger partial charge in [-0.05, 0) is 91.8 Å². The lowest BCUT2D eigenvalue weighted by Gasteiger charge is -2.58. The van der Waals surface area contributed by atoms with Crippen molar-refractivity contribution >= 4 is 0 Å². The summed E-state index contributed by atoms with van der Waals surface area (Å²) in [5.74, 6) is 2.65. The van der Waals surface area contributed by atoms with Crippen LogP contribution in [0.1, 0.15) is 85.5 Å². The van der Waals surface area contributed by atoms with E-state index >= 15 is 0 Å². The minimum atomic E-state index is -1.89. The van der Waals surface area contributed by atoms with Crippen LogP contribution in [0, 0.1) is 46.3 Å². The summed E-state index contributed by atoms with van der Waals surface area (Å²) in [5, 5.41) is 106. The van der Waals surface area contributed by atoms with E-state index in [4.69, 9.17) is 37.9 Å². The molecule has 360 valence electrons. The molecule has 26 atom stereocenters. The average Bonchev–Trinajstić information content (AvgIpc) is 3.72. The van der Waals surface area contributed by atoms with E-state index in [0.717, 1.165) is 45.1 Å². The summed E-state index contributed by atoms with van der Waals surface area (Å²) in [4.78, 5) is 0. The predicted molar refractivity (Wildman–Crippen MR) is 216 cm³/mol. The molecule has 0 aromatic heterocycles. The molecule has 0 bridgehead atoms. The van der Waals surface area contributed by atoms with Crippen molar-refractivity contribution in [3.63, 3.8) is 0 Å². The summed E-state index contributed by atoms with van der Waals surface area (Å²) in [7, 11) is 0. The highest BCUT2D eigenvalue weighted by molar-refractivity contribution is 5.26. The average molecular weight is 901 g/mol. The molecule has 18 heteroatoms. The molecular formula is C45H72O18. The van der Waals surface area contributed by atoms with Crippen molar-refractivity contribution in [1.29, 1.82) is 0 Å². The Balaban J connectivity index is 0.849. The number of aliphatic hydroxyl groups excluding tert-OH is 10. The quantitative estimate of drug-likeness (QED) is 0.127. The van der Waals surface area contributed by atoms with Crippen molar-refractivity contribution in [3.05, 3.63) is 11.6 Å². The molecule has 9 aliphatic rings. The van der Waals surface area contributed by atoms with Gasteiger partial charge in [-0.2, -0.15) is 0 Å². The zero-order chi connectivity index (χ0) is 44.9. The second kappa shape index (κ2) is 17.8. The molecule has 9 rings (SSSR count). The molecule has 18 nitrogen and oxygen atoms in total. The second-order valence-corrected chi connectivity index (χ2v) is 21.1. The maximum absolute atomic E-state index is 11.5. The second-order valence-electron chi connectivity index (χ2n) is 21.1. The van der Waals surface area contributed by atoms with E-state index in [2.05, 4.69) is 33.8 Å². The van der Waals surface area contributed by atoms with Gasteiger partial charge in [-0.25, -0.2) is 0 Å². The van der Waals surface area contributed by atoms with E-state index in [-0.39, 0.29) is 23.0 Å². The largest absolute Gasteiger partial charge is 0.394 e. The van der Waals surface area contributed by atoms with Crippen LogP contribution in [0.4, 0.5) is 0 Å². The zero-order valence-corrected chi connectivity index (χ0v) is 36.8. The van der Waals surface area contributed by atoms with Crippen LogP contribution in [0.25, 0.3) is 0 Å². The fourth-order valence-electron chi connectivity index (χ4n) is 14.1. The maximum Gasteiger partial charge on any atom is 0.187 e. The van der Waals surface area contributed by atoms with Gasteiger partial charge in [0.1, 0.15) is 73.2 Å². The molecule has 10 N–H and O–H groups in total. The molecule has 63 heavy (non-hydrogen) atoms. The van der Waals surface area contributed by atoms with Crippen LogP contribution >= 0.6 is 0 Å². The topological polar surface area (TPSA) is 276 Å². The van der Waals surface area contributed by atoms with Crippen LogP contribution < -0.4 is 0 Å². The molecule has 5 heterocycles. The monoisotopic (exact) mass is 900 g/mol. The van der Waals surface area contributed by atoms with Gasteiger partial charge in [-0.1, -0.05) is 39.3 Å². The van der Waals surface area contributed by atoms with Gasteiger partial charge in [0.25, 0.3) is 0 Å². The Morgan fingerprint density at radius 1 is 0.651 bits per heavy atom. The van der Waals surface area contributed by atoms with Gasteiger partial charge in [0, 0.05) is 12.3 Å². The lowest BCUT2D eigenvalue weighted by atomic mass is 9.47. The summed E-state index contributed by atoms with van der Waals surface area (Å²) in [6, 6.07) is 0. The fourth-order valence-corrected chi connectivity index (χ4v) is 14.1. The van der Waals surface area contributed by atoms with Crippen molar-refractivity contribution in [1.82, 2.24) is 0 Å². The molecule has 0 radical (unpaired) electrons. The maximum atomic E-state index is 11.5. The first-order chi connectivity index (χ1) is 30.0. The minimum absolute atomic E-state index is 0.00493. The number of hydrogen-bond donors (Lipinski definition) is 10. The van der Waals surface area contributed by atoms with Crippen molar-refractivity contribution in [2.45, 2.75) is 196 Å². The molecule has 5 saturated heterocycles. The smallest absolute Gasteiger partial charge is 0.187 e. The molecule has 3 saturated carbocycles. The van der Waals surface area contributed by atoms with Gasteiger partial charge in [0.15, 0.2) is 24.7 Å². The highest BCUT2D eigenvalue weighted by atomic mass is 16.8. The van der Waals surface area contributed by atoms with Crippen molar-refractivity contribution in [2.75, 3.05) is 26.4 Å². The minimum Gasteiger partial charge on any atom is -0.394 e. The van der Waals surface area contributed by atoms with Gasteiger partial charge in [0.2, 0.25) is 0 Å². The van der Waals surface area contributed by atoms with Crippen LogP contribution in [-0.4, -0.2) is 188 Å². The zero-order valence-electron chi connectivity index (χ0n) is 36.8. The first-order valence-corrected chi connectivity index (χ1v) is 23.5. The fraction of sp³-hybridized carbons (Fsp3) is 0.956. The molecule has 8 fully saturated rings. The Bertz CT molecular complexity index is 1630. The normalized spacial score (nSPS) is 56.9. The van der Waals surface area contributed by atoms with E-state index in [9.17, 15) is 51.1 Å². The van der Waals surface area contributed by atoms with Crippen LogP contribution in [0.3, 0.4) is 0 Å². The van der Waals surface area contributed by atoms with Crippen molar-refractivity contribution in [2.24, 2.45) is 46.3 Å². The van der Waals surface area contributed by atoms with Crippen LogP contribution in [0.15, 0.2) is 11.6 Å². The number of aliphatic hydroxyl groups is 10.